The van der Waals surface area contributed by atoms with E-state index in [0.29, 0.717) is 0 Å². The number of anilines is 1. The van der Waals surface area contributed by atoms with Crippen LogP contribution in [0.15, 0.2) is 24.5 Å². The lowest BCUT2D eigenvalue weighted by atomic mass is 10.2. The van der Waals surface area contributed by atoms with Crippen LogP contribution in [-0.2, 0) is 0 Å². The number of β-amino-alcohol motifs (C(OH)–C–C–N with tert-alkyl or cyclic N) is 1. The molecule has 0 saturated carbocycles. The van der Waals surface area contributed by atoms with Crippen LogP contribution in [0.5, 0.6) is 0 Å². The first-order valence-electron chi connectivity index (χ1n) is 8.45. The molecule has 1 saturated heterocycles. The van der Waals surface area contributed by atoms with E-state index in [1.165, 1.54) is 0 Å². The second-order valence-corrected chi connectivity index (χ2v) is 6.45. The predicted molar refractivity (Wildman–Crippen MR) is 95.1 cm³/mol. The maximum Gasteiger partial charge on any atom is 0.161 e. The summed E-state index contributed by atoms with van der Waals surface area (Å²) in [5.74, 6) is 1.77. The molecule has 1 aliphatic rings. The van der Waals surface area contributed by atoms with Crippen LogP contribution in [0.25, 0.3) is 11.4 Å². The number of nitrogens with zero attached hydrogens (tertiary/aromatic N) is 5. The molecular formula is C18H25N5O. The summed E-state index contributed by atoms with van der Waals surface area (Å²) < 4.78 is 0. The van der Waals surface area contributed by atoms with Gasteiger partial charge in [0.25, 0.3) is 0 Å². The molecule has 3 heterocycles. The highest BCUT2D eigenvalue weighted by Gasteiger charge is 2.22. The van der Waals surface area contributed by atoms with Gasteiger partial charge in [-0.05, 0) is 32.9 Å². The lowest BCUT2D eigenvalue weighted by Gasteiger charge is -2.36. The molecule has 6 heteroatoms. The van der Waals surface area contributed by atoms with Crippen molar-refractivity contribution in [3.8, 4) is 11.4 Å². The molecular weight excluding hydrogens is 302 g/mol. The minimum Gasteiger partial charge on any atom is -0.392 e. The van der Waals surface area contributed by atoms with Gasteiger partial charge >= 0.3 is 0 Å². The Morgan fingerprint density at radius 1 is 1.08 bits per heavy atom. The first-order valence-corrected chi connectivity index (χ1v) is 8.45. The van der Waals surface area contributed by atoms with Gasteiger partial charge in [-0.2, -0.15) is 0 Å². The molecule has 6 nitrogen and oxygen atoms in total. The number of aliphatic hydroxyl groups excluding tert-OH is 1. The number of aliphatic hydroxyl groups is 1. The van der Waals surface area contributed by atoms with Crippen molar-refractivity contribution < 1.29 is 5.11 Å². The zero-order valence-electron chi connectivity index (χ0n) is 14.6. The van der Waals surface area contributed by atoms with Crippen molar-refractivity contribution in [1.29, 1.82) is 0 Å². The third kappa shape index (κ3) is 3.71. The van der Waals surface area contributed by atoms with E-state index >= 15 is 0 Å². The Hall–Kier alpha value is -2.05. The van der Waals surface area contributed by atoms with Crippen LogP contribution >= 0.6 is 0 Å². The Morgan fingerprint density at radius 3 is 2.38 bits per heavy atom. The molecule has 2 aromatic heterocycles. The van der Waals surface area contributed by atoms with Gasteiger partial charge in [0, 0.05) is 61.9 Å². The first kappa shape index (κ1) is 16.8. The first-order chi connectivity index (χ1) is 11.5. The molecule has 0 radical (unpaired) electrons. The number of rotatable bonds is 4. The molecule has 2 aromatic rings. The molecule has 1 fully saturated rings. The van der Waals surface area contributed by atoms with Gasteiger partial charge in [0.05, 0.1) is 6.10 Å². The van der Waals surface area contributed by atoms with Crippen molar-refractivity contribution >= 4 is 5.82 Å². The van der Waals surface area contributed by atoms with E-state index in [1.54, 1.807) is 12.4 Å². The number of hydrogen-bond acceptors (Lipinski definition) is 6. The third-order valence-electron chi connectivity index (χ3n) is 4.50. The van der Waals surface area contributed by atoms with Crippen molar-refractivity contribution in [2.24, 2.45) is 0 Å². The normalized spacial score (nSPS) is 17.1. The molecule has 128 valence electrons. The molecule has 24 heavy (non-hydrogen) atoms. The third-order valence-corrected chi connectivity index (χ3v) is 4.50. The van der Waals surface area contributed by atoms with Crippen LogP contribution < -0.4 is 4.90 Å². The van der Waals surface area contributed by atoms with Crippen LogP contribution in [0.4, 0.5) is 5.82 Å². The van der Waals surface area contributed by atoms with Gasteiger partial charge < -0.3 is 10.0 Å². The topological polar surface area (TPSA) is 65.4 Å². The summed E-state index contributed by atoms with van der Waals surface area (Å²) in [6, 6.07) is 3.88. The molecule has 1 N–H and O–H groups in total. The lowest BCUT2D eigenvalue weighted by Crippen LogP contribution is -2.48. The molecule has 0 spiro atoms. The van der Waals surface area contributed by atoms with Crippen molar-refractivity contribution in [2.75, 3.05) is 37.6 Å². The van der Waals surface area contributed by atoms with Gasteiger partial charge in [0.2, 0.25) is 0 Å². The Labute approximate surface area is 143 Å². The number of piperazine rings is 1. The summed E-state index contributed by atoms with van der Waals surface area (Å²) >= 11 is 0. The maximum atomic E-state index is 9.55. The minimum atomic E-state index is -0.280. The molecule has 0 aromatic carbocycles. The maximum absolute atomic E-state index is 9.55. The summed E-state index contributed by atoms with van der Waals surface area (Å²) in [5.41, 5.74) is 3.14. The number of pyridine rings is 1. The van der Waals surface area contributed by atoms with E-state index in [2.05, 4.69) is 26.7 Å². The van der Waals surface area contributed by atoms with Crippen molar-refractivity contribution in [3.05, 3.63) is 35.8 Å². The average molecular weight is 327 g/mol. The van der Waals surface area contributed by atoms with Crippen molar-refractivity contribution in [1.82, 2.24) is 19.9 Å². The van der Waals surface area contributed by atoms with E-state index < -0.39 is 0 Å². The van der Waals surface area contributed by atoms with E-state index in [9.17, 15) is 5.11 Å². The van der Waals surface area contributed by atoms with E-state index in [-0.39, 0.29) is 6.10 Å². The Morgan fingerprint density at radius 2 is 1.75 bits per heavy atom. The van der Waals surface area contributed by atoms with Crippen LogP contribution in [0.1, 0.15) is 18.2 Å². The monoisotopic (exact) mass is 327 g/mol. The molecule has 0 bridgehead atoms. The van der Waals surface area contributed by atoms with Gasteiger partial charge in [-0.1, -0.05) is 0 Å². The zero-order chi connectivity index (χ0) is 17.1. The van der Waals surface area contributed by atoms with Crippen LogP contribution in [0.3, 0.4) is 0 Å². The molecule has 1 aliphatic heterocycles. The second kappa shape index (κ2) is 7.23. The highest BCUT2D eigenvalue weighted by atomic mass is 16.3. The largest absolute Gasteiger partial charge is 0.392 e. The fraction of sp³-hybridized carbons (Fsp3) is 0.500. The average Bonchev–Trinajstić information content (AvgIpc) is 2.58. The smallest absolute Gasteiger partial charge is 0.161 e. The Kier molecular flexibility index (Phi) is 5.06. The minimum absolute atomic E-state index is 0.280. The fourth-order valence-corrected chi connectivity index (χ4v) is 3.07. The SMILES string of the molecule is Cc1nc(-c2ccncc2)nc(N2CCN(C[C@@H](C)O)CC2)c1C. The van der Waals surface area contributed by atoms with Crippen molar-refractivity contribution in [3.63, 3.8) is 0 Å². The quantitative estimate of drug-likeness (QED) is 0.921. The number of hydrogen-bond donors (Lipinski definition) is 1. The standard InChI is InChI=1S/C18H25N5O/c1-13(24)12-22-8-10-23(11-9-22)18-14(2)15(3)20-17(21-18)16-4-6-19-7-5-16/h4-7,13,24H,8-12H2,1-3H3/t13-/m1/s1. The van der Waals surface area contributed by atoms with E-state index in [0.717, 1.165) is 61.2 Å². The van der Waals surface area contributed by atoms with Crippen LogP contribution in [0.2, 0.25) is 0 Å². The fourth-order valence-electron chi connectivity index (χ4n) is 3.07. The van der Waals surface area contributed by atoms with Crippen LogP contribution in [0, 0.1) is 13.8 Å². The molecule has 0 aliphatic carbocycles. The molecule has 0 unspecified atom stereocenters. The zero-order valence-corrected chi connectivity index (χ0v) is 14.6. The Bertz CT molecular complexity index is 681. The van der Waals surface area contributed by atoms with E-state index in [4.69, 9.17) is 4.98 Å². The summed E-state index contributed by atoms with van der Waals surface area (Å²) in [5, 5.41) is 9.55. The lowest BCUT2D eigenvalue weighted by molar-refractivity contribution is 0.122. The predicted octanol–water partition coefficient (Wildman–Crippen LogP) is 1.66. The highest BCUT2D eigenvalue weighted by molar-refractivity contribution is 5.60. The highest BCUT2D eigenvalue weighted by Crippen LogP contribution is 2.25. The van der Waals surface area contributed by atoms with Crippen molar-refractivity contribution in [2.45, 2.75) is 26.9 Å². The molecule has 1 atom stereocenters. The van der Waals surface area contributed by atoms with Crippen LogP contribution in [-0.4, -0.2) is 63.8 Å². The molecule has 0 amide bonds. The number of aryl methyl sites for hydroxylation is 1. The summed E-state index contributed by atoms with van der Waals surface area (Å²) in [6.45, 7) is 10.4. The summed E-state index contributed by atoms with van der Waals surface area (Å²) in [6.07, 6.45) is 3.25. The number of aromatic nitrogens is 3. The van der Waals surface area contributed by atoms with Gasteiger partial charge in [-0.25, -0.2) is 9.97 Å². The summed E-state index contributed by atoms with van der Waals surface area (Å²) in [4.78, 5) is 18.2. The Balaban J connectivity index is 1.82. The molecule has 3 rings (SSSR count). The second-order valence-electron chi connectivity index (χ2n) is 6.45. The van der Waals surface area contributed by atoms with Gasteiger partial charge in [0.1, 0.15) is 5.82 Å². The van der Waals surface area contributed by atoms with Gasteiger partial charge in [-0.15, -0.1) is 0 Å². The van der Waals surface area contributed by atoms with Gasteiger partial charge in [0.15, 0.2) is 5.82 Å². The summed E-state index contributed by atoms with van der Waals surface area (Å²) in [7, 11) is 0. The van der Waals surface area contributed by atoms with E-state index in [1.807, 2.05) is 26.0 Å². The van der Waals surface area contributed by atoms with Gasteiger partial charge in [-0.3, -0.25) is 9.88 Å².